The fourth-order valence-electron chi connectivity index (χ4n) is 4.92. The number of aryl methyl sites for hydroxylation is 4. The monoisotopic (exact) mass is 465 g/mol. The molecule has 0 radical (unpaired) electrons. The van der Waals surface area contributed by atoms with Crippen molar-refractivity contribution in [2.75, 3.05) is 18.8 Å². The zero-order chi connectivity index (χ0) is 21.9. The molecule has 1 aliphatic carbocycles. The molecule has 3 heterocycles. The maximum absolute atomic E-state index is 12.9. The molecule has 1 aliphatic heterocycles. The van der Waals surface area contributed by atoms with Gasteiger partial charge in [0.25, 0.3) is 0 Å². The van der Waals surface area contributed by atoms with Gasteiger partial charge in [-0.25, -0.2) is 9.97 Å². The van der Waals surface area contributed by atoms with Gasteiger partial charge in [-0.2, -0.15) is 0 Å². The Bertz CT molecular complexity index is 1100. The van der Waals surface area contributed by atoms with Gasteiger partial charge in [-0.15, -0.1) is 11.3 Å². The van der Waals surface area contributed by atoms with Gasteiger partial charge in [-0.05, 0) is 62.0 Å². The molecule has 0 N–H and O–H groups in total. The SMILES string of the molecule is C[C@@H]1CCCN(C(=O)CSc2nc(CCc3ccccc3)nc3sc4c(c23)CCCC4)C1. The molecular weight excluding hydrogens is 434 g/mol. The first kappa shape index (κ1) is 21.9. The Balaban J connectivity index is 1.39. The normalized spacial score (nSPS) is 18.7. The second-order valence-electron chi connectivity index (χ2n) is 9.20. The number of rotatable bonds is 6. The Morgan fingerprint density at radius 1 is 1.12 bits per heavy atom. The number of thioether (sulfide) groups is 1. The molecule has 2 aliphatic rings. The average molecular weight is 466 g/mol. The largest absolute Gasteiger partial charge is 0.342 e. The maximum Gasteiger partial charge on any atom is 0.232 e. The first-order valence-corrected chi connectivity index (χ1v) is 13.7. The van der Waals surface area contributed by atoms with Crippen LogP contribution in [0.4, 0.5) is 0 Å². The van der Waals surface area contributed by atoms with Crippen molar-refractivity contribution >= 4 is 39.2 Å². The number of hydrogen-bond acceptors (Lipinski definition) is 5. The summed E-state index contributed by atoms with van der Waals surface area (Å²) in [5.74, 6) is 2.24. The van der Waals surface area contributed by atoms with Crippen molar-refractivity contribution < 1.29 is 4.79 Å². The number of fused-ring (bicyclic) bond motifs is 3. The fraction of sp³-hybridized carbons (Fsp3) is 0.500. The lowest BCUT2D eigenvalue weighted by Gasteiger charge is -2.30. The second kappa shape index (κ2) is 9.92. The van der Waals surface area contributed by atoms with Gasteiger partial charge in [0.15, 0.2) is 0 Å². The van der Waals surface area contributed by atoms with Gasteiger partial charge in [0.2, 0.25) is 5.91 Å². The second-order valence-corrected chi connectivity index (χ2v) is 11.2. The van der Waals surface area contributed by atoms with Crippen molar-refractivity contribution in [1.29, 1.82) is 0 Å². The summed E-state index contributed by atoms with van der Waals surface area (Å²) in [4.78, 5) is 27.6. The van der Waals surface area contributed by atoms with Crippen LogP contribution in [0, 0.1) is 5.92 Å². The highest BCUT2D eigenvalue weighted by Crippen LogP contribution is 2.40. The number of hydrogen-bond donors (Lipinski definition) is 0. The first-order valence-electron chi connectivity index (χ1n) is 11.9. The Labute approximate surface area is 198 Å². The number of thiophene rings is 1. The minimum absolute atomic E-state index is 0.253. The van der Waals surface area contributed by atoms with E-state index in [0.717, 1.165) is 60.9 Å². The van der Waals surface area contributed by atoms with E-state index in [9.17, 15) is 4.79 Å². The first-order chi connectivity index (χ1) is 15.7. The molecule has 5 rings (SSSR count). The smallest absolute Gasteiger partial charge is 0.232 e. The summed E-state index contributed by atoms with van der Waals surface area (Å²) in [5, 5.41) is 2.26. The highest BCUT2D eigenvalue weighted by Gasteiger charge is 2.24. The van der Waals surface area contributed by atoms with Crippen molar-refractivity contribution in [3.05, 3.63) is 52.2 Å². The van der Waals surface area contributed by atoms with Crippen LogP contribution >= 0.6 is 23.1 Å². The summed E-state index contributed by atoms with van der Waals surface area (Å²) in [5.41, 5.74) is 2.76. The van der Waals surface area contributed by atoms with Crippen LogP contribution in [-0.4, -0.2) is 39.6 Å². The average Bonchev–Trinajstić information content (AvgIpc) is 3.20. The van der Waals surface area contributed by atoms with Crippen LogP contribution in [0.15, 0.2) is 35.4 Å². The van der Waals surface area contributed by atoms with E-state index in [2.05, 4.69) is 42.2 Å². The van der Waals surface area contributed by atoms with Gasteiger partial charge in [0.05, 0.1) is 5.75 Å². The van der Waals surface area contributed by atoms with E-state index in [-0.39, 0.29) is 5.91 Å². The van der Waals surface area contributed by atoms with Crippen molar-refractivity contribution in [3.8, 4) is 0 Å². The number of aromatic nitrogens is 2. The summed E-state index contributed by atoms with van der Waals surface area (Å²) in [6.07, 6.45) is 8.90. The third kappa shape index (κ3) is 4.86. The van der Waals surface area contributed by atoms with E-state index in [4.69, 9.17) is 9.97 Å². The zero-order valence-electron chi connectivity index (χ0n) is 18.8. The molecule has 0 unspecified atom stereocenters. The molecule has 0 saturated carbocycles. The molecule has 0 spiro atoms. The Morgan fingerprint density at radius 2 is 1.97 bits per heavy atom. The lowest BCUT2D eigenvalue weighted by molar-refractivity contribution is -0.130. The lowest BCUT2D eigenvalue weighted by Crippen LogP contribution is -2.40. The van der Waals surface area contributed by atoms with Crippen LogP contribution in [0.1, 0.15) is 54.4 Å². The van der Waals surface area contributed by atoms with Crippen LogP contribution in [-0.2, 0) is 30.5 Å². The van der Waals surface area contributed by atoms with E-state index >= 15 is 0 Å². The summed E-state index contributed by atoms with van der Waals surface area (Å²) < 4.78 is 0. The summed E-state index contributed by atoms with van der Waals surface area (Å²) in [6, 6.07) is 10.5. The van der Waals surface area contributed by atoms with Crippen LogP contribution in [0.3, 0.4) is 0 Å². The van der Waals surface area contributed by atoms with E-state index in [1.807, 2.05) is 11.3 Å². The molecular formula is C26H31N3OS2. The van der Waals surface area contributed by atoms with Gasteiger partial charge in [-0.1, -0.05) is 49.0 Å². The topological polar surface area (TPSA) is 46.1 Å². The molecule has 1 saturated heterocycles. The molecule has 1 fully saturated rings. The van der Waals surface area contributed by atoms with Crippen LogP contribution in [0.5, 0.6) is 0 Å². The van der Waals surface area contributed by atoms with E-state index in [1.54, 1.807) is 11.8 Å². The minimum atomic E-state index is 0.253. The molecule has 1 atom stereocenters. The number of nitrogens with zero attached hydrogens (tertiary/aromatic N) is 3. The fourth-order valence-corrected chi connectivity index (χ4v) is 7.24. The number of carbonyl (C=O) groups is 1. The van der Waals surface area contributed by atoms with Crippen molar-refractivity contribution in [1.82, 2.24) is 14.9 Å². The maximum atomic E-state index is 12.9. The van der Waals surface area contributed by atoms with E-state index < -0.39 is 0 Å². The van der Waals surface area contributed by atoms with Gasteiger partial charge in [0.1, 0.15) is 15.7 Å². The van der Waals surface area contributed by atoms with E-state index in [1.165, 1.54) is 40.7 Å². The standard InChI is InChI=1S/C26H31N3OS2/c1-18-8-7-15-29(16-18)23(30)17-31-25-24-20-11-5-6-12-21(20)32-26(24)28-22(27-25)14-13-19-9-3-2-4-10-19/h2-4,9-10,18H,5-8,11-17H2,1H3/t18-/m1/s1. The molecule has 1 aromatic carbocycles. The third-order valence-electron chi connectivity index (χ3n) is 6.65. The third-order valence-corrected chi connectivity index (χ3v) is 8.80. The number of amides is 1. The number of carbonyl (C=O) groups excluding carboxylic acids is 1. The molecule has 0 bridgehead atoms. The molecule has 6 heteroatoms. The molecule has 4 nitrogen and oxygen atoms in total. The van der Waals surface area contributed by atoms with Crippen molar-refractivity contribution in [2.45, 2.75) is 63.3 Å². The molecule has 1 amide bonds. The van der Waals surface area contributed by atoms with Crippen molar-refractivity contribution in [2.24, 2.45) is 5.92 Å². The van der Waals surface area contributed by atoms with Crippen LogP contribution in [0.2, 0.25) is 0 Å². The Kier molecular flexibility index (Phi) is 6.79. The highest BCUT2D eigenvalue weighted by atomic mass is 32.2. The summed E-state index contributed by atoms with van der Waals surface area (Å²) >= 11 is 3.48. The Morgan fingerprint density at radius 3 is 2.81 bits per heavy atom. The van der Waals surface area contributed by atoms with Crippen LogP contribution < -0.4 is 0 Å². The summed E-state index contributed by atoms with van der Waals surface area (Å²) in [7, 11) is 0. The van der Waals surface area contributed by atoms with Gasteiger partial charge < -0.3 is 4.90 Å². The van der Waals surface area contributed by atoms with E-state index in [0.29, 0.717) is 11.7 Å². The number of benzene rings is 1. The molecule has 3 aromatic rings. The number of likely N-dealkylation sites (tertiary alicyclic amines) is 1. The van der Waals surface area contributed by atoms with Crippen LogP contribution in [0.25, 0.3) is 10.2 Å². The van der Waals surface area contributed by atoms with Gasteiger partial charge in [0, 0.05) is 29.8 Å². The summed E-state index contributed by atoms with van der Waals surface area (Å²) in [6.45, 7) is 4.05. The van der Waals surface area contributed by atoms with Crippen molar-refractivity contribution in [3.63, 3.8) is 0 Å². The minimum Gasteiger partial charge on any atom is -0.342 e. The molecule has 32 heavy (non-hydrogen) atoms. The Hall–Kier alpha value is -1.92. The number of piperidine rings is 1. The predicted molar refractivity (Wildman–Crippen MR) is 134 cm³/mol. The van der Waals surface area contributed by atoms with Gasteiger partial charge >= 0.3 is 0 Å². The zero-order valence-corrected chi connectivity index (χ0v) is 20.4. The quantitative estimate of drug-likeness (QED) is 0.346. The molecule has 2 aromatic heterocycles. The molecule has 168 valence electrons. The lowest BCUT2D eigenvalue weighted by atomic mass is 9.97. The highest BCUT2D eigenvalue weighted by molar-refractivity contribution is 8.00. The predicted octanol–water partition coefficient (Wildman–Crippen LogP) is 5.71. The van der Waals surface area contributed by atoms with Gasteiger partial charge in [-0.3, -0.25) is 4.79 Å².